The second-order valence-corrected chi connectivity index (χ2v) is 5.03. The number of nitro benzene ring substituents is 1. The molecule has 106 valence electrons. The average Bonchev–Trinajstić information content (AvgIpc) is 2.46. The number of piperazine rings is 1. The normalized spacial score (nSPS) is 17.6. The standard InChI is InChI=1S/C14H18N4O2/c1-11-4-3-5-13(18(19)20)14(11)17-8-6-16(7-9-17)12(2)10-15/h3-5,12H,6-9H2,1-2H3. The maximum atomic E-state index is 11.2. The van der Waals surface area contributed by atoms with Gasteiger partial charge in [-0.1, -0.05) is 12.1 Å². The number of hydrogen-bond donors (Lipinski definition) is 0. The molecule has 0 bridgehead atoms. The van der Waals surface area contributed by atoms with Gasteiger partial charge in [-0.25, -0.2) is 0 Å². The average molecular weight is 274 g/mol. The molecule has 1 aromatic carbocycles. The van der Waals surface area contributed by atoms with Crippen LogP contribution in [0.1, 0.15) is 12.5 Å². The lowest BCUT2D eigenvalue weighted by molar-refractivity contribution is -0.384. The molecular weight excluding hydrogens is 256 g/mol. The van der Waals surface area contributed by atoms with Gasteiger partial charge in [0, 0.05) is 32.2 Å². The molecule has 0 aromatic heterocycles. The molecular formula is C14H18N4O2. The van der Waals surface area contributed by atoms with Gasteiger partial charge in [0.05, 0.1) is 17.0 Å². The molecule has 2 rings (SSSR count). The fourth-order valence-corrected chi connectivity index (χ4v) is 2.62. The highest BCUT2D eigenvalue weighted by Crippen LogP contribution is 2.32. The lowest BCUT2D eigenvalue weighted by Crippen LogP contribution is -2.49. The molecule has 6 nitrogen and oxygen atoms in total. The molecule has 1 unspecified atom stereocenters. The van der Waals surface area contributed by atoms with Crippen molar-refractivity contribution in [2.24, 2.45) is 0 Å². The van der Waals surface area contributed by atoms with E-state index in [1.165, 1.54) is 0 Å². The van der Waals surface area contributed by atoms with Crippen LogP contribution >= 0.6 is 0 Å². The van der Waals surface area contributed by atoms with Crippen LogP contribution in [0, 0.1) is 28.4 Å². The second-order valence-electron chi connectivity index (χ2n) is 5.03. The van der Waals surface area contributed by atoms with Crippen LogP contribution in [0.4, 0.5) is 11.4 Å². The summed E-state index contributed by atoms with van der Waals surface area (Å²) in [5.41, 5.74) is 1.79. The van der Waals surface area contributed by atoms with Gasteiger partial charge in [-0.15, -0.1) is 0 Å². The van der Waals surface area contributed by atoms with Gasteiger partial charge in [-0.2, -0.15) is 5.26 Å². The first kappa shape index (κ1) is 14.3. The maximum absolute atomic E-state index is 11.2. The van der Waals surface area contributed by atoms with Gasteiger partial charge in [0.2, 0.25) is 0 Å². The Morgan fingerprint density at radius 2 is 2.00 bits per heavy atom. The molecule has 6 heteroatoms. The minimum Gasteiger partial charge on any atom is -0.363 e. The summed E-state index contributed by atoms with van der Waals surface area (Å²) in [7, 11) is 0. The van der Waals surface area contributed by atoms with E-state index in [1.54, 1.807) is 12.1 Å². The number of rotatable bonds is 3. The highest BCUT2D eigenvalue weighted by atomic mass is 16.6. The van der Waals surface area contributed by atoms with E-state index in [4.69, 9.17) is 5.26 Å². The van der Waals surface area contributed by atoms with Gasteiger partial charge in [0.1, 0.15) is 5.69 Å². The number of hydrogen-bond acceptors (Lipinski definition) is 5. The summed E-state index contributed by atoms with van der Waals surface area (Å²) >= 11 is 0. The Morgan fingerprint density at radius 1 is 1.35 bits per heavy atom. The highest BCUT2D eigenvalue weighted by molar-refractivity contribution is 5.67. The van der Waals surface area contributed by atoms with Gasteiger partial charge in [-0.3, -0.25) is 15.0 Å². The van der Waals surface area contributed by atoms with Crippen LogP contribution in [0.15, 0.2) is 18.2 Å². The summed E-state index contributed by atoms with van der Waals surface area (Å²) in [5.74, 6) is 0. The Hall–Kier alpha value is -2.13. The number of nitrogens with zero attached hydrogens (tertiary/aromatic N) is 4. The van der Waals surface area contributed by atoms with Crippen LogP contribution in [0.5, 0.6) is 0 Å². The molecule has 0 amide bonds. The molecule has 0 radical (unpaired) electrons. The lowest BCUT2D eigenvalue weighted by atomic mass is 10.1. The fourth-order valence-electron chi connectivity index (χ4n) is 2.62. The van der Waals surface area contributed by atoms with Crippen LogP contribution < -0.4 is 4.90 Å². The van der Waals surface area contributed by atoms with E-state index in [1.807, 2.05) is 24.8 Å². The first-order valence-electron chi connectivity index (χ1n) is 6.67. The SMILES string of the molecule is Cc1cccc([N+](=O)[O-])c1N1CCN(C(C)C#N)CC1. The van der Waals surface area contributed by atoms with Crippen molar-refractivity contribution in [2.75, 3.05) is 31.1 Å². The summed E-state index contributed by atoms with van der Waals surface area (Å²) in [6.07, 6.45) is 0. The summed E-state index contributed by atoms with van der Waals surface area (Å²) in [6.45, 7) is 6.69. The van der Waals surface area contributed by atoms with Crippen molar-refractivity contribution < 1.29 is 4.92 Å². The van der Waals surface area contributed by atoms with E-state index >= 15 is 0 Å². The predicted molar refractivity (Wildman–Crippen MR) is 76.7 cm³/mol. The van der Waals surface area contributed by atoms with Gasteiger partial charge in [-0.05, 0) is 19.4 Å². The molecule has 1 aliphatic heterocycles. The summed E-state index contributed by atoms with van der Waals surface area (Å²) in [5, 5.41) is 20.1. The zero-order valence-electron chi connectivity index (χ0n) is 11.7. The van der Waals surface area contributed by atoms with Crippen LogP contribution in [0.2, 0.25) is 0 Å². The number of nitriles is 1. The Morgan fingerprint density at radius 3 is 2.55 bits per heavy atom. The topological polar surface area (TPSA) is 73.4 Å². The Labute approximate surface area is 118 Å². The highest BCUT2D eigenvalue weighted by Gasteiger charge is 2.26. The van der Waals surface area contributed by atoms with Crippen LogP contribution in [-0.2, 0) is 0 Å². The van der Waals surface area contributed by atoms with Gasteiger partial charge >= 0.3 is 0 Å². The van der Waals surface area contributed by atoms with Crippen molar-refractivity contribution in [3.8, 4) is 6.07 Å². The van der Waals surface area contributed by atoms with Crippen molar-refractivity contribution in [1.29, 1.82) is 5.26 Å². The lowest BCUT2D eigenvalue weighted by Gasteiger charge is -2.37. The predicted octanol–water partition coefficient (Wildman–Crippen LogP) is 1.94. The molecule has 1 saturated heterocycles. The molecule has 0 spiro atoms. The third-order valence-corrected chi connectivity index (χ3v) is 3.78. The number of benzene rings is 1. The molecule has 1 heterocycles. The van der Waals surface area contributed by atoms with Gasteiger partial charge in [0.15, 0.2) is 0 Å². The monoisotopic (exact) mass is 274 g/mol. The van der Waals surface area contributed by atoms with E-state index in [9.17, 15) is 10.1 Å². The summed E-state index contributed by atoms with van der Waals surface area (Å²) in [6, 6.07) is 7.28. The quantitative estimate of drug-likeness (QED) is 0.622. The zero-order valence-corrected chi connectivity index (χ0v) is 11.7. The van der Waals surface area contributed by atoms with E-state index in [0.717, 1.165) is 18.7 Å². The van der Waals surface area contributed by atoms with Gasteiger partial charge < -0.3 is 4.90 Å². The first-order chi connectivity index (χ1) is 9.54. The van der Waals surface area contributed by atoms with Crippen molar-refractivity contribution in [3.05, 3.63) is 33.9 Å². The molecule has 1 aromatic rings. The number of aryl methyl sites for hydroxylation is 1. The maximum Gasteiger partial charge on any atom is 0.292 e. The van der Waals surface area contributed by atoms with E-state index < -0.39 is 0 Å². The largest absolute Gasteiger partial charge is 0.363 e. The first-order valence-corrected chi connectivity index (χ1v) is 6.67. The molecule has 20 heavy (non-hydrogen) atoms. The minimum atomic E-state index is -0.327. The Bertz CT molecular complexity index is 545. The van der Waals surface area contributed by atoms with E-state index in [-0.39, 0.29) is 16.7 Å². The summed E-state index contributed by atoms with van der Waals surface area (Å²) in [4.78, 5) is 15.0. The zero-order chi connectivity index (χ0) is 14.7. The molecule has 0 aliphatic carbocycles. The fraction of sp³-hybridized carbons (Fsp3) is 0.500. The van der Waals surface area contributed by atoms with Crippen LogP contribution in [0.25, 0.3) is 0 Å². The molecule has 1 fully saturated rings. The van der Waals surface area contributed by atoms with Crippen LogP contribution in [-0.4, -0.2) is 42.0 Å². The Balaban J connectivity index is 2.19. The summed E-state index contributed by atoms with van der Waals surface area (Å²) < 4.78 is 0. The third kappa shape index (κ3) is 2.73. The van der Waals surface area contributed by atoms with Crippen molar-refractivity contribution in [1.82, 2.24) is 4.90 Å². The third-order valence-electron chi connectivity index (χ3n) is 3.78. The van der Waals surface area contributed by atoms with E-state index in [0.29, 0.717) is 18.8 Å². The molecule has 1 aliphatic rings. The number of para-hydroxylation sites is 1. The second kappa shape index (κ2) is 5.88. The van der Waals surface area contributed by atoms with Crippen molar-refractivity contribution in [3.63, 3.8) is 0 Å². The molecule has 0 saturated carbocycles. The molecule has 0 N–H and O–H groups in total. The molecule has 1 atom stereocenters. The number of anilines is 1. The van der Waals surface area contributed by atoms with Crippen LogP contribution in [0.3, 0.4) is 0 Å². The van der Waals surface area contributed by atoms with Crippen molar-refractivity contribution >= 4 is 11.4 Å². The van der Waals surface area contributed by atoms with Gasteiger partial charge in [0.25, 0.3) is 5.69 Å². The van der Waals surface area contributed by atoms with E-state index in [2.05, 4.69) is 11.0 Å². The minimum absolute atomic E-state index is 0.107. The number of nitro groups is 1. The van der Waals surface area contributed by atoms with Crippen molar-refractivity contribution in [2.45, 2.75) is 19.9 Å². The Kier molecular flexibility index (Phi) is 4.20. The smallest absolute Gasteiger partial charge is 0.292 e.